The molecule has 78 valence electrons. The minimum atomic E-state index is 1.35. The molecule has 0 fully saturated rings. The fourth-order valence-corrected chi connectivity index (χ4v) is 2.99. The van der Waals surface area contributed by atoms with Gasteiger partial charge in [-0.15, -0.1) is 0 Å². The third kappa shape index (κ3) is 1.04. The summed E-state index contributed by atoms with van der Waals surface area (Å²) in [7, 11) is 2.20. The quantitative estimate of drug-likeness (QED) is 0.395. The highest BCUT2D eigenvalue weighted by Crippen LogP contribution is 2.45. The molecule has 0 atom stereocenters. The highest BCUT2D eigenvalue weighted by atomic mass is 14.2. The van der Waals surface area contributed by atoms with Crippen LogP contribution in [0.25, 0.3) is 33.0 Å². The minimum absolute atomic E-state index is 1.35. The van der Waals surface area contributed by atoms with Crippen LogP contribution in [0.1, 0.15) is 0 Å². The zero-order valence-corrected chi connectivity index (χ0v) is 9.70. The van der Waals surface area contributed by atoms with Crippen LogP contribution >= 0.6 is 0 Å². The maximum atomic E-state index is 2.23. The van der Waals surface area contributed by atoms with Crippen LogP contribution in [0.3, 0.4) is 0 Å². The molecule has 17 heavy (non-hydrogen) atoms. The van der Waals surface area contributed by atoms with Gasteiger partial charge in [-0.2, -0.15) is 0 Å². The molecule has 0 saturated heterocycles. The fraction of sp³-hybridized carbons (Fsp3) is 0. The average Bonchev–Trinajstić information content (AvgIpc) is 2.71. The van der Waals surface area contributed by atoms with Gasteiger partial charge < -0.3 is 0 Å². The third-order valence-corrected chi connectivity index (χ3v) is 3.74. The number of fused-ring (bicyclic) bond motifs is 3. The molecule has 0 aliphatic heterocycles. The molecule has 4 rings (SSSR count). The Morgan fingerprint density at radius 1 is 0.647 bits per heavy atom. The SMILES string of the molecule is Bc1ccc2cccc3c2c1-c1ccccc1-3. The summed E-state index contributed by atoms with van der Waals surface area (Å²) in [6.45, 7) is 0. The van der Waals surface area contributed by atoms with Crippen molar-refractivity contribution in [1.82, 2.24) is 0 Å². The van der Waals surface area contributed by atoms with Gasteiger partial charge in [-0.25, -0.2) is 0 Å². The Morgan fingerprint density at radius 3 is 2.29 bits per heavy atom. The molecule has 0 unspecified atom stereocenters. The zero-order valence-electron chi connectivity index (χ0n) is 9.70. The summed E-state index contributed by atoms with van der Waals surface area (Å²) < 4.78 is 0. The van der Waals surface area contributed by atoms with E-state index in [9.17, 15) is 0 Å². The van der Waals surface area contributed by atoms with Gasteiger partial charge in [0.05, 0.1) is 0 Å². The molecule has 0 bridgehead atoms. The zero-order chi connectivity index (χ0) is 11.4. The molecule has 1 aliphatic carbocycles. The first-order valence-corrected chi connectivity index (χ1v) is 5.98. The maximum absolute atomic E-state index is 2.23. The van der Waals surface area contributed by atoms with E-state index in [2.05, 4.69) is 62.4 Å². The van der Waals surface area contributed by atoms with Crippen LogP contribution < -0.4 is 5.46 Å². The van der Waals surface area contributed by atoms with Crippen LogP contribution in [0.5, 0.6) is 0 Å². The number of hydrogen-bond acceptors (Lipinski definition) is 0. The second-order valence-corrected chi connectivity index (χ2v) is 4.71. The molecule has 0 nitrogen and oxygen atoms in total. The largest absolute Gasteiger partial charge is 0.140 e. The summed E-state index contributed by atoms with van der Waals surface area (Å²) in [5, 5.41) is 2.77. The minimum Gasteiger partial charge on any atom is -0.0806 e. The fourth-order valence-electron chi connectivity index (χ4n) is 2.99. The van der Waals surface area contributed by atoms with Crippen molar-refractivity contribution in [3.05, 3.63) is 54.6 Å². The second kappa shape index (κ2) is 3.01. The highest BCUT2D eigenvalue weighted by Gasteiger charge is 2.21. The van der Waals surface area contributed by atoms with E-state index in [1.54, 1.807) is 0 Å². The van der Waals surface area contributed by atoms with Crippen molar-refractivity contribution >= 4 is 24.1 Å². The van der Waals surface area contributed by atoms with Gasteiger partial charge in [-0.1, -0.05) is 60.1 Å². The summed E-state index contributed by atoms with van der Waals surface area (Å²) >= 11 is 0. The molecular formula is C16H11B. The molecule has 3 aromatic carbocycles. The van der Waals surface area contributed by atoms with Gasteiger partial charge in [0.15, 0.2) is 0 Å². The van der Waals surface area contributed by atoms with Gasteiger partial charge in [-0.05, 0) is 33.0 Å². The molecule has 0 saturated carbocycles. The summed E-state index contributed by atoms with van der Waals surface area (Å²) in [6, 6.07) is 19.7. The lowest BCUT2D eigenvalue weighted by Crippen LogP contribution is -2.04. The Kier molecular flexibility index (Phi) is 1.60. The molecule has 0 amide bonds. The summed E-state index contributed by atoms with van der Waals surface area (Å²) in [5.41, 5.74) is 6.94. The van der Waals surface area contributed by atoms with Crippen molar-refractivity contribution < 1.29 is 0 Å². The molecule has 3 aromatic rings. The first-order valence-electron chi connectivity index (χ1n) is 5.98. The van der Waals surface area contributed by atoms with E-state index >= 15 is 0 Å². The van der Waals surface area contributed by atoms with Crippen molar-refractivity contribution in [2.75, 3.05) is 0 Å². The smallest absolute Gasteiger partial charge is 0.0806 e. The lowest BCUT2D eigenvalue weighted by atomic mass is 9.86. The molecule has 0 heterocycles. The lowest BCUT2D eigenvalue weighted by Gasteiger charge is -2.05. The molecule has 0 N–H and O–H groups in total. The predicted octanol–water partition coefficient (Wildman–Crippen LogP) is 2.75. The highest BCUT2D eigenvalue weighted by molar-refractivity contribution is 6.40. The van der Waals surface area contributed by atoms with Crippen molar-refractivity contribution in [1.29, 1.82) is 0 Å². The Bertz CT molecular complexity index is 757. The van der Waals surface area contributed by atoms with Crippen LogP contribution in [-0.2, 0) is 0 Å². The van der Waals surface area contributed by atoms with E-state index in [1.165, 1.54) is 38.5 Å². The molecule has 0 radical (unpaired) electrons. The second-order valence-electron chi connectivity index (χ2n) is 4.71. The molecule has 1 aliphatic rings. The molecule has 0 aromatic heterocycles. The summed E-state index contributed by atoms with van der Waals surface area (Å²) in [5.74, 6) is 0. The average molecular weight is 214 g/mol. The van der Waals surface area contributed by atoms with Gasteiger partial charge in [0, 0.05) is 0 Å². The number of benzene rings is 3. The van der Waals surface area contributed by atoms with E-state index in [-0.39, 0.29) is 0 Å². The monoisotopic (exact) mass is 214 g/mol. The van der Waals surface area contributed by atoms with Crippen LogP contribution in [0.2, 0.25) is 0 Å². The van der Waals surface area contributed by atoms with Gasteiger partial charge in [0.2, 0.25) is 0 Å². The Hall–Kier alpha value is -2.02. The van der Waals surface area contributed by atoms with E-state index in [0.29, 0.717) is 0 Å². The normalized spacial score (nSPS) is 11.8. The van der Waals surface area contributed by atoms with Crippen LogP contribution in [0, 0.1) is 0 Å². The summed E-state index contributed by atoms with van der Waals surface area (Å²) in [6.07, 6.45) is 0. The van der Waals surface area contributed by atoms with Gasteiger partial charge >= 0.3 is 0 Å². The Balaban J connectivity index is 2.33. The number of rotatable bonds is 0. The van der Waals surface area contributed by atoms with E-state index in [1.807, 2.05) is 0 Å². The van der Waals surface area contributed by atoms with Crippen molar-refractivity contribution in [2.45, 2.75) is 0 Å². The predicted molar refractivity (Wildman–Crippen MR) is 76.6 cm³/mol. The molecular weight excluding hydrogens is 203 g/mol. The molecule has 1 heteroatoms. The van der Waals surface area contributed by atoms with Crippen LogP contribution in [-0.4, -0.2) is 7.85 Å². The summed E-state index contributed by atoms with van der Waals surface area (Å²) in [4.78, 5) is 0. The van der Waals surface area contributed by atoms with Crippen molar-refractivity contribution in [2.24, 2.45) is 0 Å². The van der Waals surface area contributed by atoms with E-state index in [0.717, 1.165) is 0 Å². The van der Waals surface area contributed by atoms with Crippen molar-refractivity contribution in [3.8, 4) is 22.3 Å². The van der Waals surface area contributed by atoms with E-state index in [4.69, 9.17) is 0 Å². The van der Waals surface area contributed by atoms with Crippen LogP contribution in [0.15, 0.2) is 54.6 Å². The topological polar surface area (TPSA) is 0 Å². The maximum Gasteiger partial charge on any atom is 0.140 e. The van der Waals surface area contributed by atoms with Gasteiger partial charge in [-0.3, -0.25) is 0 Å². The molecule has 0 spiro atoms. The Morgan fingerprint density at radius 2 is 1.41 bits per heavy atom. The van der Waals surface area contributed by atoms with Crippen LogP contribution in [0.4, 0.5) is 0 Å². The lowest BCUT2D eigenvalue weighted by molar-refractivity contribution is 1.70. The van der Waals surface area contributed by atoms with Crippen molar-refractivity contribution in [3.63, 3.8) is 0 Å². The van der Waals surface area contributed by atoms with Gasteiger partial charge in [0.1, 0.15) is 7.85 Å². The number of hydrogen-bond donors (Lipinski definition) is 0. The Labute approximate surface area is 101 Å². The van der Waals surface area contributed by atoms with E-state index < -0.39 is 0 Å². The first-order chi connectivity index (χ1) is 8.36. The third-order valence-electron chi connectivity index (χ3n) is 3.74. The standard InChI is InChI=1S/C16H11B/c17-14-9-8-10-4-3-7-12-11-5-1-2-6-13(11)16(14)15(10)12/h1-9H,17H2. The first kappa shape index (κ1) is 9.06. The van der Waals surface area contributed by atoms with Gasteiger partial charge in [0.25, 0.3) is 0 Å².